The van der Waals surface area contributed by atoms with Crippen LogP contribution in [0, 0.1) is 23.7 Å². The molecule has 0 bridgehead atoms. The van der Waals surface area contributed by atoms with Crippen LogP contribution in [0.5, 0.6) is 0 Å². The minimum absolute atomic E-state index is 0.122. The normalized spacial score (nSPS) is 40.1. The molecule has 0 aromatic heterocycles. The molecule has 20 atom stereocenters. The number of aliphatic carboxylic acids is 2. The highest BCUT2D eigenvalue weighted by molar-refractivity contribution is 5.74. The molecule has 2 amide bonds. The first kappa shape index (κ1) is 55.6. The Balaban J connectivity index is 0.000000340. The van der Waals surface area contributed by atoms with Crippen molar-refractivity contribution in [1.29, 1.82) is 0 Å². The number of nitrogens with one attached hydrogen (secondary N) is 2. The maximum absolute atomic E-state index is 11.6. The van der Waals surface area contributed by atoms with Gasteiger partial charge in [0.05, 0.1) is 114 Å². The van der Waals surface area contributed by atoms with Crippen LogP contribution in [-0.2, 0) is 57.1 Å². The molecule has 4 rings (SSSR count). The molecule has 372 valence electrons. The molecule has 24 nitrogen and oxygen atoms in total. The van der Waals surface area contributed by atoms with Crippen molar-refractivity contribution in [2.45, 2.75) is 138 Å². The van der Waals surface area contributed by atoms with Crippen molar-refractivity contribution < 1.29 is 108 Å². The number of aliphatic hydroxyl groups excluding tert-OH is 8. The van der Waals surface area contributed by atoms with Crippen LogP contribution in [0.15, 0.2) is 0 Å². The summed E-state index contributed by atoms with van der Waals surface area (Å²) in [6.45, 7) is 4.28. The molecule has 4 saturated heterocycles. The molecule has 10 N–H and O–H groups in total. The zero-order valence-corrected chi connectivity index (χ0v) is 36.9. The van der Waals surface area contributed by atoms with E-state index in [0.29, 0.717) is 12.8 Å². The van der Waals surface area contributed by atoms with Crippen molar-refractivity contribution in [1.82, 2.24) is 10.6 Å². The van der Waals surface area contributed by atoms with Crippen molar-refractivity contribution in [2.75, 3.05) is 67.1 Å². The Morgan fingerprint density at radius 3 is 1.09 bits per heavy atom. The molecule has 0 saturated carbocycles. The van der Waals surface area contributed by atoms with E-state index in [2.05, 4.69) is 10.6 Å². The van der Waals surface area contributed by atoms with E-state index < -0.39 is 133 Å². The predicted octanol–water partition coefficient (Wildman–Crippen LogP) is -7.69. The molecular formula is C40H68N2O22-2. The van der Waals surface area contributed by atoms with E-state index in [0.717, 1.165) is 0 Å². The van der Waals surface area contributed by atoms with Crippen LogP contribution in [0.2, 0.25) is 0 Å². The maximum atomic E-state index is 11.6. The van der Waals surface area contributed by atoms with E-state index in [4.69, 9.17) is 37.9 Å². The third-order valence-electron chi connectivity index (χ3n) is 12.2. The van der Waals surface area contributed by atoms with Gasteiger partial charge in [0, 0.05) is 51.7 Å². The molecule has 0 aliphatic carbocycles. The molecule has 0 radical (unpaired) electrons. The molecule has 0 aromatic carbocycles. The first-order chi connectivity index (χ1) is 30.3. The Bertz CT molecular complexity index is 1340. The Morgan fingerprint density at radius 2 is 0.828 bits per heavy atom. The number of carboxylic acid groups (broad SMARTS) is 2. The summed E-state index contributed by atoms with van der Waals surface area (Å²) < 4.78 is 43.3. The van der Waals surface area contributed by atoms with Crippen LogP contribution in [0.4, 0.5) is 0 Å². The first-order valence-electron chi connectivity index (χ1n) is 21.3. The van der Waals surface area contributed by atoms with Crippen molar-refractivity contribution in [3.05, 3.63) is 0 Å². The van der Waals surface area contributed by atoms with Gasteiger partial charge in [0.2, 0.25) is 11.8 Å². The van der Waals surface area contributed by atoms with E-state index >= 15 is 0 Å². The van der Waals surface area contributed by atoms with Crippen LogP contribution in [-0.4, -0.2) is 229 Å². The van der Waals surface area contributed by atoms with Crippen LogP contribution < -0.4 is 20.8 Å². The monoisotopic (exact) mass is 928 g/mol. The lowest BCUT2D eigenvalue weighted by Crippen LogP contribution is -2.63. The lowest BCUT2D eigenvalue weighted by atomic mass is 9.83. The van der Waals surface area contributed by atoms with Crippen molar-refractivity contribution >= 4 is 23.8 Å². The highest BCUT2D eigenvalue weighted by Gasteiger charge is 2.49. The minimum Gasteiger partial charge on any atom is -0.547 e. The third-order valence-corrected chi connectivity index (χ3v) is 12.2. The maximum Gasteiger partial charge on any atom is 0.217 e. The molecule has 4 heterocycles. The SMILES string of the molecule is CCC1C(CO)OC(COCC2C(C(=O)[O-])OC(COC)C(O)C2O)C(NC(C)=O)C1O.CCC1C(CO)OC(COCC2C(C(=O)[O-])OC(COC)C(O)C2O)C(NC(C)=O)C1O. The number of hydrogen-bond donors (Lipinski definition) is 10. The Kier molecular flexibility index (Phi) is 23.0. The fourth-order valence-corrected chi connectivity index (χ4v) is 8.83. The zero-order chi connectivity index (χ0) is 48.0. The quantitative estimate of drug-likeness (QED) is 0.0542. The third kappa shape index (κ3) is 14.1. The molecule has 64 heavy (non-hydrogen) atoms. The van der Waals surface area contributed by atoms with Gasteiger partial charge in [-0.3, -0.25) is 9.59 Å². The van der Waals surface area contributed by atoms with Crippen LogP contribution >= 0.6 is 0 Å². The van der Waals surface area contributed by atoms with Crippen molar-refractivity contribution in [3.63, 3.8) is 0 Å². The van der Waals surface area contributed by atoms with Crippen LogP contribution in [0.1, 0.15) is 40.5 Å². The average molecular weight is 929 g/mol. The van der Waals surface area contributed by atoms with E-state index in [1.807, 2.05) is 13.8 Å². The smallest absolute Gasteiger partial charge is 0.217 e. The van der Waals surface area contributed by atoms with E-state index in [9.17, 15) is 70.2 Å². The zero-order valence-electron chi connectivity index (χ0n) is 36.9. The van der Waals surface area contributed by atoms with Gasteiger partial charge in [-0.15, -0.1) is 0 Å². The summed E-state index contributed by atoms with van der Waals surface area (Å²) in [6, 6.07) is -1.64. The van der Waals surface area contributed by atoms with E-state index in [1.54, 1.807) is 0 Å². The number of amides is 2. The topological polar surface area (TPSA) is 374 Å². The number of ether oxygens (including phenoxy) is 8. The molecule has 4 aliphatic rings. The summed E-state index contributed by atoms with van der Waals surface area (Å²) >= 11 is 0. The van der Waals surface area contributed by atoms with E-state index in [-0.39, 0.29) is 64.7 Å². The standard InChI is InChI=1S/2C20H35NO11/c2*1-4-10-12(5-22)31-13(15(16(10)24)21-9(2)23)8-30-6-11-17(25)18(26)14(7-29-3)32-19(11)20(27)28/h2*10-19,22,24-26H,4-8H2,1-3H3,(H,21,23)(H,27,28)/p-2. The number of methoxy groups -OCH3 is 2. The molecule has 0 spiro atoms. The van der Waals surface area contributed by atoms with Gasteiger partial charge in [-0.1, -0.05) is 13.8 Å². The number of rotatable bonds is 20. The summed E-state index contributed by atoms with van der Waals surface area (Å²) in [4.78, 5) is 46.3. The number of aliphatic hydroxyl groups is 8. The Morgan fingerprint density at radius 1 is 0.484 bits per heavy atom. The average Bonchev–Trinajstić information content (AvgIpc) is 3.24. The van der Waals surface area contributed by atoms with E-state index in [1.165, 1.54) is 28.1 Å². The summed E-state index contributed by atoms with van der Waals surface area (Å²) in [6.07, 6.45) is -15.0. The second-order valence-corrected chi connectivity index (χ2v) is 16.5. The molecule has 20 unspecified atom stereocenters. The van der Waals surface area contributed by atoms with Gasteiger partial charge in [-0.2, -0.15) is 0 Å². The highest BCUT2D eigenvalue weighted by atomic mass is 16.6. The number of carbonyl (C=O) groups is 4. The van der Waals surface area contributed by atoms with Crippen molar-refractivity contribution in [2.24, 2.45) is 23.7 Å². The minimum atomic E-state index is -1.57. The molecule has 4 fully saturated rings. The summed E-state index contributed by atoms with van der Waals surface area (Å²) in [5, 5.41) is 110. The molecular weight excluding hydrogens is 860 g/mol. The fourth-order valence-electron chi connectivity index (χ4n) is 8.83. The van der Waals surface area contributed by atoms with Crippen LogP contribution in [0.25, 0.3) is 0 Å². The highest BCUT2D eigenvalue weighted by Crippen LogP contribution is 2.32. The van der Waals surface area contributed by atoms with Crippen molar-refractivity contribution in [3.8, 4) is 0 Å². The number of carboxylic acids is 2. The van der Waals surface area contributed by atoms with Gasteiger partial charge in [-0.25, -0.2) is 0 Å². The van der Waals surface area contributed by atoms with Gasteiger partial charge in [0.15, 0.2) is 0 Å². The summed E-state index contributed by atoms with van der Waals surface area (Å²) in [5.41, 5.74) is 0. The molecule has 4 aliphatic heterocycles. The predicted molar refractivity (Wildman–Crippen MR) is 210 cm³/mol. The fraction of sp³-hybridized carbons (Fsp3) is 0.900. The second kappa shape index (κ2) is 26.5. The second-order valence-electron chi connectivity index (χ2n) is 16.5. The Labute approximate surface area is 371 Å². The lowest BCUT2D eigenvalue weighted by molar-refractivity contribution is -0.333. The number of hydrogen-bond acceptors (Lipinski definition) is 22. The van der Waals surface area contributed by atoms with Gasteiger partial charge in [-0.05, 0) is 12.8 Å². The molecule has 0 aromatic rings. The van der Waals surface area contributed by atoms with Gasteiger partial charge in [0.1, 0.15) is 48.8 Å². The summed E-state index contributed by atoms with van der Waals surface area (Å²) in [7, 11) is 2.69. The number of carbonyl (C=O) groups excluding carboxylic acids is 4. The first-order valence-corrected chi connectivity index (χ1v) is 21.3. The van der Waals surface area contributed by atoms with Crippen LogP contribution in [0.3, 0.4) is 0 Å². The molecule has 24 heteroatoms. The summed E-state index contributed by atoms with van der Waals surface area (Å²) in [5.74, 6) is -7.02. The lowest BCUT2D eigenvalue weighted by Gasteiger charge is -2.45. The van der Waals surface area contributed by atoms with Gasteiger partial charge < -0.3 is 109 Å². The Hall–Kier alpha value is -2.76. The van der Waals surface area contributed by atoms with Gasteiger partial charge in [0.25, 0.3) is 0 Å². The van der Waals surface area contributed by atoms with Gasteiger partial charge >= 0.3 is 0 Å². The largest absolute Gasteiger partial charge is 0.547 e.